The fourth-order valence-electron chi connectivity index (χ4n) is 3.14. The third kappa shape index (κ3) is 4.01. The Hall–Kier alpha value is -0.540. The second-order valence-corrected chi connectivity index (χ2v) is 6.72. The molecule has 1 aromatic rings. The number of aryl methyl sites for hydroxylation is 2. The summed E-state index contributed by atoms with van der Waals surface area (Å²) in [7, 11) is 0. The van der Waals surface area contributed by atoms with Crippen LogP contribution in [-0.2, 0) is 19.4 Å². The molecule has 1 fully saturated rings. The first-order valence-electron chi connectivity index (χ1n) is 8.59. The van der Waals surface area contributed by atoms with E-state index in [0.29, 0.717) is 6.04 Å². The van der Waals surface area contributed by atoms with E-state index in [1.54, 1.807) is 0 Å². The van der Waals surface area contributed by atoms with Gasteiger partial charge in [-0.1, -0.05) is 32.4 Å². The highest BCUT2D eigenvalue weighted by Crippen LogP contribution is 2.39. The van der Waals surface area contributed by atoms with E-state index in [1.165, 1.54) is 25.0 Å². The summed E-state index contributed by atoms with van der Waals surface area (Å²) in [6.45, 7) is 10.9. The molecule has 0 bridgehead atoms. The fourth-order valence-corrected chi connectivity index (χ4v) is 3.49. The number of hydrogen-bond acceptors (Lipinski definition) is 2. The van der Waals surface area contributed by atoms with Crippen LogP contribution in [0.2, 0.25) is 5.02 Å². The number of nitrogens with one attached hydrogen (secondary N) is 1. The number of hydrogen-bond donors (Lipinski definition) is 1. The minimum Gasteiger partial charge on any atom is -0.313 e. The Labute approximate surface area is 134 Å². The Balaban J connectivity index is 2.16. The molecule has 0 aromatic carbocycles. The molecular weight excluding hydrogens is 282 g/mol. The van der Waals surface area contributed by atoms with E-state index in [2.05, 4.69) is 42.8 Å². The summed E-state index contributed by atoms with van der Waals surface area (Å²) in [4.78, 5) is 0. The highest BCUT2D eigenvalue weighted by Gasteiger charge is 2.34. The Morgan fingerprint density at radius 1 is 1.33 bits per heavy atom. The van der Waals surface area contributed by atoms with E-state index >= 15 is 0 Å². The summed E-state index contributed by atoms with van der Waals surface area (Å²) in [5, 5.41) is 9.30. The lowest BCUT2D eigenvalue weighted by Crippen LogP contribution is -2.39. The van der Waals surface area contributed by atoms with E-state index < -0.39 is 0 Å². The zero-order valence-corrected chi connectivity index (χ0v) is 14.7. The number of halogens is 1. The molecular formula is C17H30ClN3. The van der Waals surface area contributed by atoms with Crippen molar-refractivity contribution in [3.8, 4) is 0 Å². The van der Waals surface area contributed by atoms with Crippen LogP contribution in [0.15, 0.2) is 0 Å². The van der Waals surface area contributed by atoms with E-state index in [-0.39, 0.29) is 0 Å². The van der Waals surface area contributed by atoms with E-state index in [9.17, 15) is 0 Å². The lowest BCUT2D eigenvalue weighted by atomic mass is 9.92. The fraction of sp³-hybridized carbons (Fsp3) is 0.824. The first kappa shape index (κ1) is 16.8. The van der Waals surface area contributed by atoms with Crippen molar-refractivity contribution in [2.45, 2.75) is 72.4 Å². The van der Waals surface area contributed by atoms with E-state index in [1.807, 2.05) is 0 Å². The second kappa shape index (κ2) is 7.64. The quantitative estimate of drug-likeness (QED) is 0.745. The van der Waals surface area contributed by atoms with Gasteiger partial charge in [0.15, 0.2) is 0 Å². The Kier molecular flexibility index (Phi) is 6.12. The molecule has 1 aromatic heterocycles. The van der Waals surface area contributed by atoms with Gasteiger partial charge in [0, 0.05) is 19.0 Å². The summed E-state index contributed by atoms with van der Waals surface area (Å²) in [5.41, 5.74) is 2.26. The predicted molar refractivity (Wildman–Crippen MR) is 90.0 cm³/mol. The monoisotopic (exact) mass is 311 g/mol. The van der Waals surface area contributed by atoms with Crippen LogP contribution >= 0.6 is 11.6 Å². The average Bonchev–Trinajstić information content (AvgIpc) is 3.29. The zero-order chi connectivity index (χ0) is 15.4. The minimum atomic E-state index is 0.515. The lowest BCUT2D eigenvalue weighted by molar-refractivity contribution is 0.333. The number of aromatic nitrogens is 2. The first-order chi connectivity index (χ1) is 10.1. The SMILES string of the molecule is CCCNC(Cc1c(Cl)c(CC)nn1CC)C(C)C1CC1. The van der Waals surface area contributed by atoms with E-state index in [0.717, 1.165) is 48.5 Å². The average molecular weight is 312 g/mol. The maximum atomic E-state index is 6.58. The van der Waals surface area contributed by atoms with Crippen LogP contribution < -0.4 is 5.32 Å². The molecule has 120 valence electrons. The zero-order valence-electron chi connectivity index (χ0n) is 14.0. The first-order valence-corrected chi connectivity index (χ1v) is 8.97. The lowest BCUT2D eigenvalue weighted by Gasteiger charge is -2.25. The summed E-state index contributed by atoms with van der Waals surface area (Å²) >= 11 is 6.58. The Morgan fingerprint density at radius 2 is 2.05 bits per heavy atom. The molecule has 1 saturated carbocycles. The number of nitrogens with zero attached hydrogens (tertiary/aromatic N) is 2. The molecule has 4 heteroatoms. The van der Waals surface area contributed by atoms with Gasteiger partial charge in [-0.25, -0.2) is 0 Å². The maximum Gasteiger partial charge on any atom is 0.0850 e. The van der Waals surface area contributed by atoms with Crippen LogP contribution in [0.25, 0.3) is 0 Å². The molecule has 0 radical (unpaired) electrons. The smallest absolute Gasteiger partial charge is 0.0850 e. The molecule has 1 aliphatic carbocycles. The molecule has 0 aliphatic heterocycles. The van der Waals surface area contributed by atoms with Crippen molar-refractivity contribution < 1.29 is 0 Å². The topological polar surface area (TPSA) is 29.9 Å². The van der Waals surface area contributed by atoms with Crippen LogP contribution in [0.1, 0.15) is 58.3 Å². The maximum absolute atomic E-state index is 6.58. The van der Waals surface area contributed by atoms with Crippen molar-refractivity contribution in [3.05, 3.63) is 16.4 Å². The summed E-state index contributed by atoms with van der Waals surface area (Å²) in [5.74, 6) is 1.62. The number of rotatable bonds is 9. The molecule has 3 nitrogen and oxygen atoms in total. The van der Waals surface area contributed by atoms with Gasteiger partial charge in [0.1, 0.15) is 0 Å². The molecule has 1 heterocycles. The standard InChI is InChI=1S/C17H30ClN3/c1-5-10-19-15(12(4)13-8-9-13)11-16-17(18)14(6-2)20-21(16)7-3/h12-13,15,19H,5-11H2,1-4H3. The van der Waals surface area contributed by atoms with Crippen molar-refractivity contribution in [1.29, 1.82) is 0 Å². The van der Waals surface area contributed by atoms with Gasteiger partial charge in [-0.15, -0.1) is 0 Å². The van der Waals surface area contributed by atoms with Crippen LogP contribution in [0, 0.1) is 11.8 Å². The summed E-state index contributed by atoms with van der Waals surface area (Å²) in [6, 6.07) is 0.515. The molecule has 0 saturated heterocycles. The highest BCUT2D eigenvalue weighted by atomic mass is 35.5. The van der Waals surface area contributed by atoms with Gasteiger partial charge in [0.25, 0.3) is 0 Å². The summed E-state index contributed by atoms with van der Waals surface area (Å²) in [6.07, 6.45) is 5.87. The van der Waals surface area contributed by atoms with Gasteiger partial charge in [-0.2, -0.15) is 5.10 Å². The van der Waals surface area contributed by atoms with Gasteiger partial charge in [-0.3, -0.25) is 4.68 Å². The summed E-state index contributed by atoms with van der Waals surface area (Å²) < 4.78 is 2.10. The third-order valence-electron chi connectivity index (χ3n) is 4.76. The van der Waals surface area contributed by atoms with Crippen LogP contribution in [0.5, 0.6) is 0 Å². The third-order valence-corrected chi connectivity index (χ3v) is 5.20. The molecule has 1 aliphatic rings. The predicted octanol–water partition coefficient (Wildman–Crippen LogP) is 4.08. The largest absolute Gasteiger partial charge is 0.313 e. The van der Waals surface area contributed by atoms with Gasteiger partial charge >= 0.3 is 0 Å². The molecule has 0 spiro atoms. The van der Waals surface area contributed by atoms with E-state index in [4.69, 9.17) is 11.6 Å². The van der Waals surface area contributed by atoms with Gasteiger partial charge in [0.2, 0.25) is 0 Å². The van der Waals surface area contributed by atoms with Crippen molar-refractivity contribution in [2.75, 3.05) is 6.54 Å². The van der Waals surface area contributed by atoms with Gasteiger partial charge < -0.3 is 5.32 Å². The second-order valence-electron chi connectivity index (χ2n) is 6.34. The van der Waals surface area contributed by atoms with Crippen LogP contribution in [0.4, 0.5) is 0 Å². The highest BCUT2D eigenvalue weighted by molar-refractivity contribution is 6.31. The minimum absolute atomic E-state index is 0.515. The van der Waals surface area contributed by atoms with Crippen molar-refractivity contribution in [2.24, 2.45) is 11.8 Å². The molecule has 0 amide bonds. The van der Waals surface area contributed by atoms with Crippen LogP contribution in [-0.4, -0.2) is 22.4 Å². The van der Waals surface area contributed by atoms with Crippen molar-refractivity contribution in [1.82, 2.24) is 15.1 Å². The van der Waals surface area contributed by atoms with Gasteiger partial charge in [-0.05, 0) is 51.0 Å². The molecule has 2 unspecified atom stereocenters. The van der Waals surface area contributed by atoms with Gasteiger partial charge in [0.05, 0.1) is 16.4 Å². The Bertz CT molecular complexity index is 451. The molecule has 1 N–H and O–H groups in total. The van der Waals surface area contributed by atoms with Crippen molar-refractivity contribution in [3.63, 3.8) is 0 Å². The molecule has 2 atom stereocenters. The molecule has 21 heavy (non-hydrogen) atoms. The van der Waals surface area contributed by atoms with Crippen LogP contribution in [0.3, 0.4) is 0 Å². The van der Waals surface area contributed by atoms with Crippen molar-refractivity contribution >= 4 is 11.6 Å². The Morgan fingerprint density at radius 3 is 2.57 bits per heavy atom. The normalized spacial score (nSPS) is 18.0. The molecule has 2 rings (SSSR count).